The minimum absolute atomic E-state index is 0.373. The third-order valence-corrected chi connectivity index (χ3v) is 3.35. The van der Waals surface area contributed by atoms with Crippen LogP contribution in [0.15, 0.2) is 41.4 Å². The number of ketones is 1. The Morgan fingerprint density at radius 1 is 1.25 bits per heavy atom. The molecular weight excluding hydrogens is 291 g/mol. The van der Waals surface area contributed by atoms with Crippen LogP contribution in [0.2, 0.25) is 0 Å². The van der Waals surface area contributed by atoms with Crippen LogP contribution in [0.5, 0.6) is 0 Å². The number of carbonyl (C=O) groups is 1. The van der Waals surface area contributed by atoms with Crippen LogP contribution in [-0.2, 0) is 6.54 Å². The normalized spacial score (nSPS) is 11.6. The highest BCUT2D eigenvalue weighted by atomic mass is 32.2. The number of benzene rings is 1. The van der Waals surface area contributed by atoms with E-state index in [4.69, 9.17) is 0 Å². The lowest BCUT2D eigenvalue weighted by molar-refractivity contribution is -0.0888. The summed E-state index contributed by atoms with van der Waals surface area (Å²) in [6.45, 7) is 0.373. The van der Waals surface area contributed by atoms with Gasteiger partial charge in [-0.1, -0.05) is 23.4 Å². The first kappa shape index (κ1) is 14.6. The predicted molar refractivity (Wildman–Crippen MR) is 67.6 cm³/mol. The highest BCUT2D eigenvalue weighted by molar-refractivity contribution is 7.99. The SMILES string of the molecule is O=C(c1cn(CCSc2ccccc2)nn1)C(F)(F)F. The van der Waals surface area contributed by atoms with E-state index in [-0.39, 0.29) is 0 Å². The average Bonchev–Trinajstić information content (AvgIpc) is 2.87. The number of rotatable bonds is 5. The van der Waals surface area contributed by atoms with Gasteiger partial charge in [0.05, 0.1) is 12.7 Å². The second kappa shape index (κ2) is 6.08. The number of thioether (sulfide) groups is 1. The molecule has 0 N–H and O–H groups in total. The quantitative estimate of drug-likeness (QED) is 0.629. The number of carbonyl (C=O) groups excluding carboxylic acids is 1. The lowest BCUT2D eigenvalue weighted by Crippen LogP contribution is -2.23. The molecule has 1 aromatic carbocycles. The molecule has 0 aliphatic rings. The molecule has 0 aliphatic carbocycles. The summed E-state index contributed by atoms with van der Waals surface area (Å²) >= 11 is 1.54. The number of alkyl halides is 3. The number of hydrogen-bond acceptors (Lipinski definition) is 4. The molecule has 1 heterocycles. The number of aryl methyl sites for hydroxylation is 1. The van der Waals surface area contributed by atoms with E-state index >= 15 is 0 Å². The van der Waals surface area contributed by atoms with Crippen LogP contribution in [0.4, 0.5) is 13.2 Å². The van der Waals surface area contributed by atoms with Crippen LogP contribution in [0.1, 0.15) is 10.5 Å². The maximum atomic E-state index is 12.2. The second-order valence-electron chi connectivity index (χ2n) is 3.86. The zero-order valence-corrected chi connectivity index (χ0v) is 11.0. The minimum atomic E-state index is -4.92. The van der Waals surface area contributed by atoms with Gasteiger partial charge in [0.2, 0.25) is 0 Å². The fraction of sp³-hybridized carbons (Fsp3) is 0.250. The smallest absolute Gasteiger partial charge is 0.282 e. The van der Waals surface area contributed by atoms with E-state index in [1.54, 1.807) is 11.8 Å². The molecule has 0 saturated carbocycles. The van der Waals surface area contributed by atoms with Crippen LogP contribution < -0.4 is 0 Å². The number of halogens is 3. The summed E-state index contributed by atoms with van der Waals surface area (Å²) in [5.41, 5.74) is -0.679. The summed E-state index contributed by atoms with van der Waals surface area (Å²) in [5, 5.41) is 6.76. The van der Waals surface area contributed by atoms with Crippen molar-refractivity contribution in [1.29, 1.82) is 0 Å². The number of aromatic nitrogens is 3. The van der Waals surface area contributed by atoms with Gasteiger partial charge in [-0.25, -0.2) is 0 Å². The van der Waals surface area contributed by atoms with Gasteiger partial charge in [0, 0.05) is 10.6 Å². The van der Waals surface area contributed by atoms with Gasteiger partial charge in [-0.3, -0.25) is 9.48 Å². The molecule has 0 radical (unpaired) electrons. The molecule has 20 heavy (non-hydrogen) atoms. The highest BCUT2D eigenvalue weighted by Gasteiger charge is 2.41. The first-order chi connectivity index (χ1) is 9.47. The van der Waals surface area contributed by atoms with Gasteiger partial charge in [0.25, 0.3) is 5.78 Å². The molecule has 4 nitrogen and oxygen atoms in total. The van der Waals surface area contributed by atoms with Gasteiger partial charge in [0.1, 0.15) is 0 Å². The van der Waals surface area contributed by atoms with Crippen molar-refractivity contribution in [3.63, 3.8) is 0 Å². The lowest BCUT2D eigenvalue weighted by Gasteiger charge is -2.01. The van der Waals surface area contributed by atoms with Gasteiger partial charge in [0.15, 0.2) is 5.69 Å². The topological polar surface area (TPSA) is 47.8 Å². The van der Waals surface area contributed by atoms with Crippen LogP contribution in [0.3, 0.4) is 0 Å². The van der Waals surface area contributed by atoms with Crippen molar-refractivity contribution in [1.82, 2.24) is 15.0 Å². The first-order valence-corrected chi connectivity index (χ1v) is 6.65. The molecule has 0 unspecified atom stereocenters. The monoisotopic (exact) mass is 301 g/mol. The van der Waals surface area contributed by atoms with Crippen molar-refractivity contribution in [3.05, 3.63) is 42.2 Å². The molecule has 0 aliphatic heterocycles. The molecule has 1 aromatic heterocycles. The van der Waals surface area contributed by atoms with Gasteiger partial charge >= 0.3 is 6.18 Å². The molecule has 0 spiro atoms. The Morgan fingerprint density at radius 3 is 2.60 bits per heavy atom. The molecule has 0 saturated heterocycles. The van der Waals surface area contributed by atoms with Crippen molar-refractivity contribution >= 4 is 17.5 Å². The first-order valence-electron chi connectivity index (χ1n) is 5.66. The number of nitrogens with zero attached hydrogens (tertiary/aromatic N) is 3. The van der Waals surface area contributed by atoms with Crippen molar-refractivity contribution < 1.29 is 18.0 Å². The Balaban J connectivity index is 1.89. The third kappa shape index (κ3) is 3.83. The molecule has 0 bridgehead atoms. The van der Waals surface area contributed by atoms with Crippen LogP contribution >= 0.6 is 11.8 Å². The van der Waals surface area contributed by atoms with Gasteiger partial charge in [-0.15, -0.1) is 16.9 Å². The zero-order chi connectivity index (χ0) is 14.6. The van der Waals surface area contributed by atoms with E-state index in [1.807, 2.05) is 30.3 Å². The maximum absolute atomic E-state index is 12.2. The zero-order valence-electron chi connectivity index (χ0n) is 10.2. The van der Waals surface area contributed by atoms with Crippen LogP contribution in [-0.4, -0.2) is 32.7 Å². The molecule has 2 rings (SSSR count). The Morgan fingerprint density at radius 2 is 1.95 bits per heavy atom. The average molecular weight is 301 g/mol. The number of Topliss-reactive ketones (excluding diaryl/α,β-unsaturated/α-hetero) is 1. The summed E-state index contributed by atoms with van der Waals surface area (Å²) in [4.78, 5) is 12.0. The molecule has 0 atom stereocenters. The summed E-state index contributed by atoms with van der Waals surface area (Å²) in [6, 6.07) is 9.57. The maximum Gasteiger partial charge on any atom is 0.456 e. The number of hydrogen-bond donors (Lipinski definition) is 0. The van der Waals surface area contributed by atoms with E-state index in [1.165, 1.54) is 4.68 Å². The van der Waals surface area contributed by atoms with Crippen molar-refractivity contribution in [2.24, 2.45) is 0 Å². The second-order valence-corrected chi connectivity index (χ2v) is 5.02. The van der Waals surface area contributed by atoms with E-state index in [9.17, 15) is 18.0 Å². The third-order valence-electron chi connectivity index (χ3n) is 2.36. The van der Waals surface area contributed by atoms with E-state index in [0.29, 0.717) is 12.3 Å². The van der Waals surface area contributed by atoms with Crippen molar-refractivity contribution in [2.45, 2.75) is 17.6 Å². The molecule has 8 heteroatoms. The largest absolute Gasteiger partial charge is 0.456 e. The molecule has 2 aromatic rings. The van der Waals surface area contributed by atoms with Crippen LogP contribution in [0, 0.1) is 0 Å². The molecule has 106 valence electrons. The Labute approximate surface area is 117 Å². The summed E-state index contributed by atoms with van der Waals surface area (Å²) < 4.78 is 37.8. The van der Waals surface area contributed by atoms with E-state index in [2.05, 4.69) is 10.3 Å². The molecular formula is C12H10F3N3OS. The fourth-order valence-electron chi connectivity index (χ4n) is 1.43. The van der Waals surface area contributed by atoms with Gasteiger partial charge < -0.3 is 0 Å². The summed E-state index contributed by atoms with van der Waals surface area (Å²) in [7, 11) is 0. The van der Waals surface area contributed by atoms with E-state index < -0.39 is 17.7 Å². The summed E-state index contributed by atoms with van der Waals surface area (Å²) in [5.74, 6) is -1.35. The van der Waals surface area contributed by atoms with Gasteiger partial charge in [-0.2, -0.15) is 13.2 Å². The summed E-state index contributed by atoms with van der Waals surface area (Å²) in [6.07, 6.45) is -3.90. The Kier molecular flexibility index (Phi) is 4.43. The van der Waals surface area contributed by atoms with Crippen molar-refractivity contribution in [2.75, 3.05) is 5.75 Å². The Hall–Kier alpha value is -1.83. The van der Waals surface area contributed by atoms with Crippen LogP contribution in [0.25, 0.3) is 0 Å². The highest BCUT2D eigenvalue weighted by Crippen LogP contribution is 2.20. The van der Waals surface area contributed by atoms with E-state index in [0.717, 1.165) is 11.1 Å². The Bertz CT molecular complexity index is 583. The molecule has 0 amide bonds. The standard InChI is InChI=1S/C12H10F3N3OS/c13-12(14,15)11(19)10-8-18(17-16-10)6-7-20-9-4-2-1-3-5-9/h1-5,8H,6-7H2. The lowest BCUT2D eigenvalue weighted by atomic mass is 10.3. The minimum Gasteiger partial charge on any atom is -0.282 e. The fourth-order valence-corrected chi connectivity index (χ4v) is 2.29. The predicted octanol–water partition coefficient (Wildman–Crippen LogP) is 2.82. The van der Waals surface area contributed by atoms with Gasteiger partial charge in [-0.05, 0) is 12.1 Å². The molecule has 0 fully saturated rings. The van der Waals surface area contributed by atoms with Crippen molar-refractivity contribution in [3.8, 4) is 0 Å².